The fourth-order valence-electron chi connectivity index (χ4n) is 3.11. The fraction of sp³-hybridized carbons (Fsp3) is 0.500. The lowest BCUT2D eigenvalue weighted by molar-refractivity contribution is -0.141. The molecule has 0 atom stereocenters. The molecule has 7 nitrogen and oxygen atoms in total. The van der Waals surface area contributed by atoms with Crippen molar-refractivity contribution >= 4 is 23.3 Å². The van der Waals surface area contributed by atoms with Crippen molar-refractivity contribution in [3.8, 4) is 10.6 Å². The van der Waals surface area contributed by atoms with Gasteiger partial charge in [-0.15, -0.1) is 11.3 Å². The van der Waals surface area contributed by atoms with Crippen molar-refractivity contribution in [2.24, 2.45) is 7.05 Å². The van der Waals surface area contributed by atoms with E-state index in [0.29, 0.717) is 48.0 Å². The van der Waals surface area contributed by atoms with Crippen LogP contribution in [0.25, 0.3) is 10.6 Å². The van der Waals surface area contributed by atoms with Crippen LogP contribution in [0, 0.1) is 0 Å². The SMILES string of the molecule is CCOC(=O)N1CCC(NC(=O)c2ccc(-c3cc(C(F)(F)F)nn3C)s2)CC1. The first-order chi connectivity index (χ1) is 13.7. The molecule has 2 aromatic rings. The highest BCUT2D eigenvalue weighted by atomic mass is 32.1. The number of carbonyl (C=O) groups is 2. The third-order valence-corrected chi connectivity index (χ3v) is 5.72. The van der Waals surface area contributed by atoms with E-state index in [0.717, 1.165) is 22.1 Å². The van der Waals surface area contributed by atoms with Crippen LogP contribution in [0.1, 0.15) is 35.1 Å². The number of hydrogen-bond donors (Lipinski definition) is 1. The highest BCUT2D eigenvalue weighted by Crippen LogP contribution is 2.34. The van der Waals surface area contributed by atoms with Crippen molar-refractivity contribution in [3.05, 3.63) is 28.8 Å². The molecule has 1 fully saturated rings. The summed E-state index contributed by atoms with van der Waals surface area (Å²) in [6, 6.07) is 4.09. The van der Waals surface area contributed by atoms with Crippen LogP contribution in [0.2, 0.25) is 0 Å². The number of rotatable bonds is 4. The smallest absolute Gasteiger partial charge is 0.435 e. The minimum Gasteiger partial charge on any atom is -0.450 e. The molecular weight excluding hydrogens is 409 g/mol. The van der Waals surface area contributed by atoms with Crippen molar-refractivity contribution < 1.29 is 27.5 Å². The van der Waals surface area contributed by atoms with Crippen molar-refractivity contribution in [3.63, 3.8) is 0 Å². The highest BCUT2D eigenvalue weighted by Gasteiger charge is 2.35. The minimum absolute atomic E-state index is 0.0766. The van der Waals surface area contributed by atoms with E-state index in [4.69, 9.17) is 4.74 Å². The molecule has 1 aliphatic heterocycles. The second-order valence-electron chi connectivity index (χ2n) is 6.63. The van der Waals surface area contributed by atoms with Gasteiger partial charge in [0.25, 0.3) is 5.91 Å². The molecule has 11 heteroatoms. The first-order valence-electron chi connectivity index (χ1n) is 9.13. The first kappa shape index (κ1) is 21.2. The molecule has 1 aliphatic rings. The number of nitrogens with zero attached hydrogens (tertiary/aromatic N) is 3. The third kappa shape index (κ3) is 4.89. The van der Waals surface area contributed by atoms with Crippen LogP contribution in [0.5, 0.6) is 0 Å². The van der Waals surface area contributed by atoms with Gasteiger partial charge in [0, 0.05) is 26.2 Å². The number of aryl methyl sites for hydroxylation is 1. The quantitative estimate of drug-likeness (QED) is 0.805. The predicted molar refractivity (Wildman–Crippen MR) is 101 cm³/mol. The Morgan fingerprint density at radius 3 is 2.59 bits per heavy atom. The number of ether oxygens (including phenoxy) is 1. The van der Waals surface area contributed by atoms with E-state index in [1.165, 1.54) is 7.05 Å². The van der Waals surface area contributed by atoms with Crippen LogP contribution in [-0.2, 0) is 18.0 Å². The van der Waals surface area contributed by atoms with Gasteiger partial charge in [-0.3, -0.25) is 9.48 Å². The maximum Gasteiger partial charge on any atom is 0.435 e. The lowest BCUT2D eigenvalue weighted by Crippen LogP contribution is -2.46. The van der Waals surface area contributed by atoms with E-state index in [1.54, 1.807) is 24.0 Å². The number of alkyl halides is 3. The summed E-state index contributed by atoms with van der Waals surface area (Å²) in [4.78, 5) is 26.8. The number of aromatic nitrogens is 2. The Balaban J connectivity index is 1.61. The predicted octanol–water partition coefficient (Wildman–Crippen LogP) is 3.52. The number of carbonyl (C=O) groups excluding carboxylic acids is 2. The Morgan fingerprint density at radius 1 is 1.31 bits per heavy atom. The molecule has 0 aliphatic carbocycles. The summed E-state index contributed by atoms with van der Waals surface area (Å²) < 4.78 is 44.6. The number of nitrogens with one attached hydrogen (secondary N) is 1. The molecule has 158 valence electrons. The number of amides is 2. The number of hydrogen-bond acceptors (Lipinski definition) is 5. The largest absolute Gasteiger partial charge is 0.450 e. The van der Waals surface area contributed by atoms with Crippen molar-refractivity contribution in [2.75, 3.05) is 19.7 Å². The molecule has 0 saturated carbocycles. The van der Waals surface area contributed by atoms with Crippen LogP contribution < -0.4 is 5.32 Å². The van der Waals surface area contributed by atoms with E-state index < -0.39 is 11.9 Å². The number of piperidine rings is 1. The zero-order chi connectivity index (χ0) is 21.2. The Hall–Kier alpha value is -2.56. The monoisotopic (exact) mass is 430 g/mol. The molecule has 29 heavy (non-hydrogen) atoms. The summed E-state index contributed by atoms with van der Waals surface area (Å²) in [5.41, 5.74) is -0.674. The van der Waals surface area contributed by atoms with Crippen LogP contribution in [0.4, 0.5) is 18.0 Å². The Kier molecular flexibility index (Phi) is 6.15. The summed E-state index contributed by atoms with van der Waals surface area (Å²) in [5, 5.41) is 6.42. The zero-order valence-electron chi connectivity index (χ0n) is 16.0. The molecule has 2 aromatic heterocycles. The number of halogens is 3. The molecule has 0 radical (unpaired) electrons. The van der Waals surface area contributed by atoms with Gasteiger partial charge in [0.15, 0.2) is 5.69 Å². The summed E-state index contributed by atoms with van der Waals surface area (Å²) in [5.74, 6) is -0.283. The van der Waals surface area contributed by atoms with Gasteiger partial charge in [0.1, 0.15) is 0 Å². The topological polar surface area (TPSA) is 76.5 Å². The van der Waals surface area contributed by atoms with Crippen molar-refractivity contribution in [2.45, 2.75) is 32.0 Å². The van der Waals surface area contributed by atoms with Gasteiger partial charge in [-0.1, -0.05) is 0 Å². The third-order valence-electron chi connectivity index (χ3n) is 4.61. The first-order valence-corrected chi connectivity index (χ1v) is 9.94. The second kappa shape index (κ2) is 8.44. The van der Waals surface area contributed by atoms with Gasteiger partial charge in [0.05, 0.1) is 22.1 Å². The normalized spacial score (nSPS) is 15.4. The van der Waals surface area contributed by atoms with Gasteiger partial charge in [-0.2, -0.15) is 18.3 Å². The van der Waals surface area contributed by atoms with Crippen LogP contribution >= 0.6 is 11.3 Å². The van der Waals surface area contributed by atoms with Gasteiger partial charge < -0.3 is 15.0 Å². The van der Waals surface area contributed by atoms with E-state index in [2.05, 4.69) is 10.4 Å². The molecule has 1 saturated heterocycles. The summed E-state index contributed by atoms with van der Waals surface area (Å²) in [6.07, 6.45) is -3.65. The van der Waals surface area contributed by atoms with Crippen LogP contribution in [0.3, 0.4) is 0 Å². The van der Waals surface area contributed by atoms with Crippen LogP contribution in [-0.4, -0.2) is 52.4 Å². The lowest BCUT2D eigenvalue weighted by atomic mass is 10.1. The Bertz CT molecular complexity index is 885. The maximum atomic E-state index is 12.8. The summed E-state index contributed by atoms with van der Waals surface area (Å²) >= 11 is 1.11. The molecule has 3 heterocycles. The van der Waals surface area contributed by atoms with Gasteiger partial charge in [-0.05, 0) is 38.0 Å². The average Bonchev–Trinajstić information content (AvgIpc) is 3.29. The van der Waals surface area contributed by atoms with E-state index in [9.17, 15) is 22.8 Å². The summed E-state index contributed by atoms with van der Waals surface area (Å²) in [7, 11) is 1.43. The number of thiophene rings is 1. The highest BCUT2D eigenvalue weighted by molar-refractivity contribution is 7.17. The van der Waals surface area contributed by atoms with Crippen molar-refractivity contribution in [1.82, 2.24) is 20.0 Å². The maximum absolute atomic E-state index is 12.8. The van der Waals surface area contributed by atoms with Gasteiger partial charge in [0.2, 0.25) is 0 Å². The molecular formula is C18H21F3N4O3S. The molecule has 0 bridgehead atoms. The average molecular weight is 430 g/mol. The summed E-state index contributed by atoms with van der Waals surface area (Å²) in [6.45, 7) is 3.05. The molecule has 0 unspecified atom stereocenters. The van der Waals surface area contributed by atoms with Gasteiger partial charge >= 0.3 is 12.3 Å². The molecule has 1 N–H and O–H groups in total. The minimum atomic E-state index is -4.52. The molecule has 2 amide bonds. The van der Waals surface area contributed by atoms with Gasteiger partial charge in [-0.25, -0.2) is 4.79 Å². The fourth-order valence-corrected chi connectivity index (χ4v) is 4.07. The lowest BCUT2D eigenvalue weighted by Gasteiger charge is -2.31. The second-order valence-corrected chi connectivity index (χ2v) is 7.72. The molecule has 3 rings (SSSR count). The molecule has 0 spiro atoms. The van der Waals surface area contributed by atoms with E-state index in [1.807, 2.05) is 0 Å². The standard InChI is InChI=1S/C18H21F3N4O3S/c1-3-28-17(27)25-8-6-11(7-9-25)22-16(26)14-5-4-13(29-14)12-10-15(18(19,20)21)23-24(12)2/h4-5,10-11H,3,6-9H2,1-2H3,(H,22,26). The van der Waals surface area contributed by atoms with Crippen LogP contribution in [0.15, 0.2) is 18.2 Å². The Morgan fingerprint density at radius 2 is 2.00 bits per heavy atom. The number of likely N-dealkylation sites (tertiary alicyclic amines) is 1. The van der Waals surface area contributed by atoms with E-state index in [-0.39, 0.29) is 18.0 Å². The molecule has 0 aromatic carbocycles. The Labute approximate surface area is 169 Å². The zero-order valence-corrected chi connectivity index (χ0v) is 16.8. The van der Waals surface area contributed by atoms with Crippen molar-refractivity contribution in [1.29, 1.82) is 0 Å². The van der Waals surface area contributed by atoms with E-state index >= 15 is 0 Å².